The number of aromatic amines is 1. The molecule has 1 aliphatic heterocycles. The number of benzene rings is 2. The summed E-state index contributed by atoms with van der Waals surface area (Å²) in [5, 5.41) is 5.04. The lowest BCUT2D eigenvalue weighted by atomic mass is 9.95. The van der Waals surface area contributed by atoms with E-state index in [4.69, 9.17) is 0 Å². The Morgan fingerprint density at radius 2 is 1.75 bits per heavy atom. The molecule has 2 nitrogen and oxygen atoms in total. The Morgan fingerprint density at radius 1 is 0.950 bits per heavy atom. The van der Waals surface area contributed by atoms with E-state index in [1.165, 1.54) is 27.7 Å². The van der Waals surface area contributed by atoms with Gasteiger partial charge in [-0.1, -0.05) is 48.5 Å². The van der Waals surface area contributed by atoms with E-state index in [-0.39, 0.29) is 0 Å². The third-order valence-electron chi connectivity index (χ3n) is 4.24. The quantitative estimate of drug-likeness (QED) is 0.725. The third kappa shape index (κ3) is 1.93. The van der Waals surface area contributed by atoms with E-state index in [0.29, 0.717) is 6.04 Å². The highest BCUT2D eigenvalue weighted by atomic mass is 15.0. The van der Waals surface area contributed by atoms with Crippen LogP contribution in [0.15, 0.2) is 54.6 Å². The highest BCUT2D eigenvalue weighted by molar-refractivity contribution is 5.85. The molecule has 20 heavy (non-hydrogen) atoms. The first-order valence-corrected chi connectivity index (χ1v) is 7.28. The third-order valence-corrected chi connectivity index (χ3v) is 4.24. The monoisotopic (exact) mass is 262 g/mol. The minimum atomic E-state index is 0.397. The number of para-hydroxylation sites is 1. The number of fused-ring (bicyclic) bond motifs is 3. The molecule has 0 spiro atoms. The van der Waals surface area contributed by atoms with Crippen molar-refractivity contribution >= 4 is 10.9 Å². The fraction of sp³-hybridized carbons (Fsp3) is 0.222. The highest BCUT2D eigenvalue weighted by Gasteiger charge is 2.23. The second kappa shape index (κ2) is 4.80. The number of aromatic nitrogens is 1. The van der Waals surface area contributed by atoms with Crippen LogP contribution in [0.3, 0.4) is 0 Å². The normalized spacial score (nSPS) is 18.1. The molecular formula is C18H18N2. The predicted octanol–water partition coefficient (Wildman–Crippen LogP) is 3.60. The van der Waals surface area contributed by atoms with E-state index in [2.05, 4.69) is 64.9 Å². The van der Waals surface area contributed by atoms with Gasteiger partial charge >= 0.3 is 0 Å². The summed E-state index contributed by atoms with van der Waals surface area (Å²) < 4.78 is 0. The van der Waals surface area contributed by atoms with Gasteiger partial charge in [0, 0.05) is 16.6 Å². The summed E-state index contributed by atoms with van der Waals surface area (Å²) in [7, 11) is 0. The average molecular weight is 262 g/mol. The molecule has 3 aromatic rings. The lowest BCUT2D eigenvalue weighted by molar-refractivity contribution is 0.495. The smallest absolute Gasteiger partial charge is 0.0517 e. The Hall–Kier alpha value is -2.06. The van der Waals surface area contributed by atoms with Gasteiger partial charge in [0.1, 0.15) is 0 Å². The van der Waals surface area contributed by atoms with Gasteiger partial charge in [-0.2, -0.15) is 0 Å². The van der Waals surface area contributed by atoms with Gasteiger partial charge in [0.15, 0.2) is 0 Å². The second-order valence-electron chi connectivity index (χ2n) is 5.51. The molecule has 100 valence electrons. The van der Waals surface area contributed by atoms with Crippen LogP contribution in [-0.2, 0) is 12.8 Å². The topological polar surface area (TPSA) is 27.8 Å². The van der Waals surface area contributed by atoms with Gasteiger partial charge in [-0.3, -0.25) is 0 Å². The maximum atomic E-state index is 3.65. The van der Waals surface area contributed by atoms with Crippen molar-refractivity contribution in [2.75, 3.05) is 6.54 Å². The van der Waals surface area contributed by atoms with Crippen molar-refractivity contribution in [1.82, 2.24) is 10.3 Å². The van der Waals surface area contributed by atoms with E-state index in [9.17, 15) is 0 Å². The Balaban J connectivity index is 1.75. The Labute approximate surface area is 118 Å². The van der Waals surface area contributed by atoms with Crippen molar-refractivity contribution in [2.45, 2.75) is 18.9 Å². The molecule has 1 aromatic heterocycles. The molecule has 4 rings (SSSR count). The minimum Gasteiger partial charge on any atom is -0.357 e. The van der Waals surface area contributed by atoms with Crippen molar-refractivity contribution in [3.05, 3.63) is 71.4 Å². The maximum Gasteiger partial charge on any atom is 0.0517 e. The van der Waals surface area contributed by atoms with Crippen LogP contribution in [0.5, 0.6) is 0 Å². The largest absolute Gasteiger partial charge is 0.357 e. The molecule has 0 fully saturated rings. The highest BCUT2D eigenvalue weighted by Crippen LogP contribution is 2.31. The van der Waals surface area contributed by atoms with Gasteiger partial charge in [-0.05, 0) is 36.6 Å². The number of hydrogen-bond donors (Lipinski definition) is 2. The molecule has 1 aliphatic rings. The Kier molecular flexibility index (Phi) is 2.82. The van der Waals surface area contributed by atoms with Crippen molar-refractivity contribution in [1.29, 1.82) is 0 Å². The van der Waals surface area contributed by atoms with Crippen LogP contribution in [-0.4, -0.2) is 11.5 Å². The molecule has 0 bridgehead atoms. The van der Waals surface area contributed by atoms with Gasteiger partial charge in [0.2, 0.25) is 0 Å². The van der Waals surface area contributed by atoms with Crippen LogP contribution >= 0.6 is 0 Å². The van der Waals surface area contributed by atoms with Crippen LogP contribution in [0.2, 0.25) is 0 Å². The molecule has 0 saturated carbocycles. The molecule has 2 N–H and O–H groups in total. The summed E-state index contributed by atoms with van der Waals surface area (Å²) in [5.41, 5.74) is 5.53. The fourth-order valence-electron chi connectivity index (χ4n) is 3.29. The molecule has 1 atom stereocenters. The summed E-state index contributed by atoms with van der Waals surface area (Å²) in [5.74, 6) is 0. The lowest BCUT2D eigenvalue weighted by Crippen LogP contribution is -2.31. The lowest BCUT2D eigenvalue weighted by Gasteiger charge is -2.24. The number of H-pyrrole nitrogens is 1. The Morgan fingerprint density at radius 3 is 2.65 bits per heavy atom. The number of nitrogens with one attached hydrogen (secondary N) is 2. The first-order valence-electron chi connectivity index (χ1n) is 7.28. The number of hydrogen-bond acceptors (Lipinski definition) is 1. The van der Waals surface area contributed by atoms with Crippen LogP contribution in [0, 0.1) is 0 Å². The van der Waals surface area contributed by atoms with E-state index >= 15 is 0 Å². The summed E-state index contributed by atoms with van der Waals surface area (Å²) in [4.78, 5) is 3.62. The van der Waals surface area contributed by atoms with E-state index in [1.54, 1.807) is 0 Å². The first kappa shape index (κ1) is 11.7. The molecule has 0 aliphatic carbocycles. The fourth-order valence-corrected chi connectivity index (χ4v) is 3.29. The molecule has 0 saturated heterocycles. The van der Waals surface area contributed by atoms with Crippen LogP contribution in [0.1, 0.15) is 22.9 Å². The predicted molar refractivity (Wildman–Crippen MR) is 82.9 cm³/mol. The Bertz CT molecular complexity index is 728. The van der Waals surface area contributed by atoms with Crippen LogP contribution in [0.4, 0.5) is 0 Å². The molecule has 0 unspecified atom stereocenters. The average Bonchev–Trinajstić information content (AvgIpc) is 2.88. The maximum absolute atomic E-state index is 3.65. The van der Waals surface area contributed by atoms with Crippen molar-refractivity contribution in [2.24, 2.45) is 0 Å². The van der Waals surface area contributed by atoms with Gasteiger partial charge < -0.3 is 10.3 Å². The first-order chi connectivity index (χ1) is 9.92. The van der Waals surface area contributed by atoms with Crippen LogP contribution < -0.4 is 5.32 Å². The van der Waals surface area contributed by atoms with Crippen molar-refractivity contribution < 1.29 is 0 Å². The molecule has 2 heterocycles. The summed E-state index contributed by atoms with van der Waals surface area (Å²) >= 11 is 0. The standard InChI is InChI=1S/C18H18N2/c1-2-6-13(7-3-1)12-17-18-15(10-11-19-17)14-8-4-5-9-16(14)20-18/h1-9,17,19-20H,10-12H2/t17-/m0/s1. The van der Waals surface area contributed by atoms with E-state index < -0.39 is 0 Å². The zero-order valence-corrected chi connectivity index (χ0v) is 11.4. The summed E-state index contributed by atoms with van der Waals surface area (Å²) in [6.07, 6.45) is 2.16. The van der Waals surface area contributed by atoms with E-state index in [0.717, 1.165) is 19.4 Å². The second-order valence-corrected chi connectivity index (χ2v) is 5.51. The van der Waals surface area contributed by atoms with Gasteiger partial charge in [-0.25, -0.2) is 0 Å². The number of rotatable bonds is 2. The minimum absolute atomic E-state index is 0.397. The zero-order chi connectivity index (χ0) is 13.4. The van der Waals surface area contributed by atoms with Crippen LogP contribution in [0.25, 0.3) is 10.9 Å². The molecule has 0 radical (unpaired) electrons. The summed E-state index contributed by atoms with van der Waals surface area (Å²) in [6, 6.07) is 19.8. The van der Waals surface area contributed by atoms with Crippen molar-refractivity contribution in [3.8, 4) is 0 Å². The molecule has 2 heteroatoms. The molecular weight excluding hydrogens is 244 g/mol. The van der Waals surface area contributed by atoms with Gasteiger partial charge in [-0.15, -0.1) is 0 Å². The van der Waals surface area contributed by atoms with Crippen molar-refractivity contribution in [3.63, 3.8) is 0 Å². The summed E-state index contributed by atoms with van der Waals surface area (Å²) in [6.45, 7) is 1.06. The molecule has 0 amide bonds. The SMILES string of the molecule is c1ccc(C[C@@H]2NCCc3c2[nH]c2ccccc32)cc1. The molecule has 2 aromatic carbocycles. The van der Waals surface area contributed by atoms with Gasteiger partial charge in [0.05, 0.1) is 6.04 Å². The van der Waals surface area contributed by atoms with E-state index in [1.807, 2.05) is 0 Å². The zero-order valence-electron chi connectivity index (χ0n) is 11.4. The van der Waals surface area contributed by atoms with Gasteiger partial charge in [0.25, 0.3) is 0 Å².